The highest BCUT2D eigenvalue weighted by Gasteiger charge is 2.23. The van der Waals surface area contributed by atoms with E-state index in [1.807, 2.05) is 29.6 Å². The number of hydrogen-bond acceptors (Lipinski definition) is 4. The maximum atomic E-state index is 12.3. The number of aromatic nitrogens is 1. The zero-order valence-corrected chi connectivity index (χ0v) is 12.6. The normalized spacial score (nSPS) is 17.4. The number of nitrogens with zero attached hydrogens (tertiary/aromatic N) is 1. The first-order chi connectivity index (χ1) is 10.3. The molecular formula is C16H18N2O2S. The molecule has 0 saturated carbocycles. The van der Waals surface area contributed by atoms with Crippen molar-refractivity contribution in [3.63, 3.8) is 0 Å². The lowest BCUT2D eigenvalue weighted by Crippen LogP contribution is -2.33. The molecule has 1 aliphatic heterocycles. The van der Waals surface area contributed by atoms with Crippen molar-refractivity contribution in [3.05, 3.63) is 46.4 Å². The van der Waals surface area contributed by atoms with E-state index in [1.165, 1.54) is 0 Å². The van der Waals surface area contributed by atoms with Crippen LogP contribution in [0.4, 0.5) is 0 Å². The van der Waals surface area contributed by atoms with Crippen LogP contribution in [-0.4, -0.2) is 24.0 Å². The van der Waals surface area contributed by atoms with Crippen LogP contribution >= 0.6 is 11.3 Å². The van der Waals surface area contributed by atoms with E-state index in [0.29, 0.717) is 13.2 Å². The molecule has 0 aliphatic carbocycles. The summed E-state index contributed by atoms with van der Waals surface area (Å²) in [5, 5.41) is 6.04. The Labute approximate surface area is 128 Å². The number of rotatable bonds is 4. The molecule has 0 unspecified atom stereocenters. The van der Waals surface area contributed by atoms with E-state index in [9.17, 15) is 4.79 Å². The second-order valence-corrected chi connectivity index (χ2v) is 6.09. The van der Waals surface area contributed by atoms with Crippen LogP contribution in [0.2, 0.25) is 0 Å². The molecule has 1 aromatic heterocycles. The molecule has 110 valence electrons. The Kier molecular flexibility index (Phi) is 4.50. The summed E-state index contributed by atoms with van der Waals surface area (Å²) in [6.07, 6.45) is 4.10. The summed E-state index contributed by atoms with van der Waals surface area (Å²) in [7, 11) is 0. The van der Waals surface area contributed by atoms with Crippen LogP contribution in [0.3, 0.4) is 0 Å². The zero-order valence-electron chi connectivity index (χ0n) is 11.7. The number of carbonyl (C=O) groups is 1. The molecule has 1 atom stereocenters. The largest absolute Gasteiger partial charge is 0.493 e. The van der Waals surface area contributed by atoms with Gasteiger partial charge in [0.15, 0.2) is 0 Å². The average molecular weight is 302 g/mol. The highest BCUT2D eigenvalue weighted by atomic mass is 32.1. The van der Waals surface area contributed by atoms with Crippen LogP contribution in [0.1, 0.15) is 17.0 Å². The molecule has 1 aromatic carbocycles. The maximum absolute atomic E-state index is 12.3. The van der Waals surface area contributed by atoms with Gasteiger partial charge in [-0.25, -0.2) is 4.98 Å². The van der Waals surface area contributed by atoms with Gasteiger partial charge in [-0.1, -0.05) is 18.2 Å². The molecule has 2 aromatic rings. The van der Waals surface area contributed by atoms with Gasteiger partial charge in [0, 0.05) is 30.5 Å². The van der Waals surface area contributed by atoms with E-state index in [2.05, 4.69) is 10.3 Å². The van der Waals surface area contributed by atoms with Gasteiger partial charge in [-0.15, -0.1) is 11.3 Å². The Morgan fingerprint density at radius 3 is 3.19 bits per heavy atom. The first-order valence-electron chi connectivity index (χ1n) is 7.20. The topological polar surface area (TPSA) is 51.2 Å². The Balaban J connectivity index is 1.55. The van der Waals surface area contributed by atoms with Crippen LogP contribution in [0.25, 0.3) is 0 Å². The molecule has 1 N–H and O–H groups in total. The van der Waals surface area contributed by atoms with Gasteiger partial charge in [0.25, 0.3) is 0 Å². The van der Waals surface area contributed by atoms with Gasteiger partial charge in [-0.05, 0) is 24.5 Å². The molecule has 4 nitrogen and oxygen atoms in total. The standard InChI is InChI=1S/C16H18N2O2S/c19-16(18-7-5-15-17-8-10-21-15)13-6-9-20-14-4-2-1-3-12(14)11-13/h1-4,8,10,13H,5-7,9,11H2,(H,18,19)/t13-/m0/s1. The number of carbonyl (C=O) groups excluding carboxylic acids is 1. The lowest BCUT2D eigenvalue weighted by Gasteiger charge is -2.13. The molecule has 0 bridgehead atoms. The predicted octanol–water partition coefficient (Wildman–Crippen LogP) is 2.44. The highest BCUT2D eigenvalue weighted by Crippen LogP contribution is 2.26. The fourth-order valence-corrected chi connectivity index (χ4v) is 3.15. The molecule has 0 fully saturated rings. The lowest BCUT2D eigenvalue weighted by molar-refractivity contribution is -0.125. The third-order valence-corrected chi connectivity index (χ3v) is 4.49. The van der Waals surface area contributed by atoms with E-state index >= 15 is 0 Å². The molecule has 0 radical (unpaired) electrons. The third-order valence-electron chi connectivity index (χ3n) is 3.66. The molecule has 0 spiro atoms. The van der Waals surface area contributed by atoms with Gasteiger partial charge in [-0.2, -0.15) is 0 Å². The summed E-state index contributed by atoms with van der Waals surface area (Å²) in [5.74, 6) is 1.02. The smallest absolute Gasteiger partial charge is 0.223 e. The minimum Gasteiger partial charge on any atom is -0.493 e. The summed E-state index contributed by atoms with van der Waals surface area (Å²) in [5.41, 5.74) is 1.12. The fraction of sp³-hybridized carbons (Fsp3) is 0.375. The van der Waals surface area contributed by atoms with Crippen LogP contribution in [0.15, 0.2) is 35.8 Å². The number of amides is 1. The maximum Gasteiger partial charge on any atom is 0.223 e. The van der Waals surface area contributed by atoms with Crippen molar-refractivity contribution in [2.45, 2.75) is 19.3 Å². The number of benzene rings is 1. The number of hydrogen-bond donors (Lipinski definition) is 1. The Morgan fingerprint density at radius 1 is 1.43 bits per heavy atom. The Morgan fingerprint density at radius 2 is 2.33 bits per heavy atom. The zero-order chi connectivity index (χ0) is 14.5. The lowest BCUT2D eigenvalue weighted by atomic mass is 9.96. The molecule has 21 heavy (non-hydrogen) atoms. The minimum atomic E-state index is -0.00931. The molecule has 2 heterocycles. The Hall–Kier alpha value is -1.88. The summed E-state index contributed by atoms with van der Waals surface area (Å²) in [4.78, 5) is 16.5. The van der Waals surface area contributed by atoms with Crippen molar-refractivity contribution in [2.24, 2.45) is 5.92 Å². The minimum absolute atomic E-state index is 0.00931. The van der Waals surface area contributed by atoms with Crippen molar-refractivity contribution in [1.29, 1.82) is 0 Å². The van der Waals surface area contributed by atoms with E-state index < -0.39 is 0 Å². The van der Waals surface area contributed by atoms with E-state index in [-0.39, 0.29) is 11.8 Å². The van der Waals surface area contributed by atoms with Crippen molar-refractivity contribution in [1.82, 2.24) is 10.3 Å². The number of thiazole rings is 1. The fourth-order valence-electron chi connectivity index (χ4n) is 2.53. The van der Waals surface area contributed by atoms with Gasteiger partial charge in [0.05, 0.1) is 11.6 Å². The van der Waals surface area contributed by atoms with Crippen LogP contribution < -0.4 is 10.1 Å². The SMILES string of the molecule is O=C(NCCc1nccs1)[C@H]1CCOc2ccccc2C1. The molecule has 1 amide bonds. The first-order valence-corrected chi connectivity index (χ1v) is 8.07. The summed E-state index contributed by atoms with van der Waals surface area (Å²) >= 11 is 1.62. The number of ether oxygens (including phenoxy) is 1. The van der Waals surface area contributed by atoms with Gasteiger partial charge in [0.1, 0.15) is 5.75 Å². The second kappa shape index (κ2) is 6.72. The molecule has 0 saturated heterocycles. The van der Waals surface area contributed by atoms with Crippen molar-refractivity contribution in [2.75, 3.05) is 13.2 Å². The third kappa shape index (κ3) is 3.61. The predicted molar refractivity (Wildman–Crippen MR) is 82.6 cm³/mol. The van der Waals surface area contributed by atoms with Gasteiger partial charge >= 0.3 is 0 Å². The number of fused-ring (bicyclic) bond motifs is 1. The van der Waals surface area contributed by atoms with Crippen LogP contribution in [0.5, 0.6) is 5.75 Å². The summed E-state index contributed by atoms with van der Waals surface area (Å²) < 4.78 is 5.70. The number of para-hydroxylation sites is 1. The van der Waals surface area contributed by atoms with E-state index in [1.54, 1.807) is 17.5 Å². The Bertz CT molecular complexity index is 598. The molecule has 3 rings (SSSR count). The van der Waals surface area contributed by atoms with Gasteiger partial charge in [0.2, 0.25) is 5.91 Å². The molecule has 1 aliphatic rings. The summed E-state index contributed by atoms with van der Waals surface area (Å²) in [6.45, 7) is 1.24. The van der Waals surface area contributed by atoms with Crippen LogP contribution in [-0.2, 0) is 17.6 Å². The van der Waals surface area contributed by atoms with Gasteiger partial charge < -0.3 is 10.1 Å². The highest BCUT2D eigenvalue weighted by molar-refractivity contribution is 7.09. The van der Waals surface area contributed by atoms with E-state index in [0.717, 1.165) is 35.6 Å². The van der Waals surface area contributed by atoms with Crippen molar-refractivity contribution < 1.29 is 9.53 Å². The second-order valence-electron chi connectivity index (χ2n) is 5.11. The first kappa shape index (κ1) is 14.1. The van der Waals surface area contributed by atoms with Crippen molar-refractivity contribution in [3.8, 4) is 5.75 Å². The summed E-state index contributed by atoms with van der Waals surface area (Å²) in [6, 6.07) is 7.97. The van der Waals surface area contributed by atoms with Gasteiger partial charge in [-0.3, -0.25) is 4.79 Å². The van der Waals surface area contributed by atoms with Crippen LogP contribution in [0, 0.1) is 5.92 Å². The monoisotopic (exact) mass is 302 g/mol. The molecular weight excluding hydrogens is 284 g/mol. The average Bonchev–Trinajstić information content (AvgIpc) is 2.91. The van der Waals surface area contributed by atoms with Crippen molar-refractivity contribution >= 4 is 17.2 Å². The number of nitrogens with one attached hydrogen (secondary N) is 1. The quantitative estimate of drug-likeness (QED) is 0.944. The molecule has 5 heteroatoms. The van der Waals surface area contributed by atoms with E-state index in [4.69, 9.17) is 4.74 Å².